The van der Waals surface area contributed by atoms with Crippen molar-refractivity contribution < 1.29 is 4.92 Å². The average Bonchev–Trinajstić information content (AvgIpc) is 2.42. The largest absolute Gasteiger partial charge is 0.353 e. The van der Waals surface area contributed by atoms with Crippen molar-refractivity contribution in [3.63, 3.8) is 0 Å². The minimum Gasteiger partial charge on any atom is -0.353 e. The molecule has 0 N–H and O–H groups in total. The van der Waals surface area contributed by atoms with Gasteiger partial charge >= 0.3 is 0 Å². The Balaban J connectivity index is 2.27. The van der Waals surface area contributed by atoms with Gasteiger partial charge in [-0.05, 0) is 18.1 Å². The Morgan fingerprint density at radius 2 is 2.53 bits per heavy atom. The Kier molecular flexibility index (Phi) is 5.21. The maximum atomic E-state index is 10.7. The number of thioether (sulfide) groups is 1. The van der Waals surface area contributed by atoms with E-state index in [1.54, 1.807) is 18.0 Å². The van der Waals surface area contributed by atoms with Gasteiger partial charge in [0, 0.05) is 30.0 Å². The second-order valence-electron chi connectivity index (χ2n) is 4.10. The molecular weight excluding hydrogens is 330 g/mol. The summed E-state index contributed by atoms with van der Waals surface area (Å²) in [4.78, 5) is 16.6. The van der Waals surface area contributed by atoms with E-state index in [9.17, 15) is 10.1 Å². The van der Waals surface area contributed by atoms with Crippen LogP contribution < -0.4 is 0 Å². The first-order valence-electron chi connectivity index (χ1n) is 5.93. The summed E-state index contributed by atoms with van der Waals surface area (Å²) in [5, 5.41) is 12.2. The summed E-state index contributed by atoms with van der Waals surface area (Å²) in [6.45, 7) is 0.831. The molecule has 5 nitrogen and oxygen atoms in total. The third-order valence-corrected chi connectivity index (χ3v) is 4.63. The predicted molar refractivity (Wildman–Crippen MR) is 79.6 cm³/mol. The molecule has 1 fully saturated rings. The standard InChI is InChI=1S/C12H14BrN3O2S/c13-7-11(10-3-1-4-14-8-10)15-5-2-6-19-12(15)9-16(17)18/h1,3-4,8-9,11H,2,5-7H2. The van der Waals surface area contributed by atoms with Crippen LogP contribution in [-0.4, -0.2) is 32.4 Å². The van der Waals surface area contributed by atoms with Gasteiger partial charge in [-0.25, -0.2) is 0 Å². The fourth-order valence-electron chi connectivity index (χ4n) is 2.04. The molecule has 1 aliphatic rings. The number of hydrogen-bond acceptors (Lipinski definition) is 5. The van der Waals surface area contributed by atoms with Gasteiger partial charge in [0.2, 0.25) is 0 Å². The van der Waals surface area contributed by atoms with Crippen molar-refractivity contribution in [1.82, 2.24) is 9.88 Å². The molecule has 0 aromatic carbocycles. The molecular formula is C12H14BrN3O2S. The number of nitrogens with zero attached hydrogens (tertiary/aromatic N) is 3. The molecule has 19 heavy (non-hydrogen) atoms. The van der Waals surface area contributed by atoms with Crippen LogP contribution in [0.2, 0.25) is 0 Å². The van der Waals surface area contributed by atoms with E-state index in [0.717, 1.165) is 35.5 Å². The Morgan fingerprint density at radius 3 is 3.16 bits per heavy atom. The van der Waals surface area contributed by atoms with Gasteiger partial charge in [-0.15, -0.1) is 11.8 Å². The molecule has 2 heterocycles. The highest BCUT2D eigenvalue weighted by Gasteiger charge is 2.26. The third-order valence-electron chi connectivity index (χ3n) is 2.88. The number of alkyl halides is 1. The zero-order valence-electron chi connectivity index (χ0n) is 10.2. The van der Waals surface area contributed by atoms with Gasteiger partial charge in [-0.2, -0.15) is 0 Å². The van der Waals surface area contributed by atoms with Crippen LogP contribution in [0.25, 0.3) is 0 Å². The average molecular weight is 344 g/mol. The smallest absolute Gasteiger partial charge is 0.264 e. The highest BCUT2D eigenvalue weighted by atomic mass is 79.9. The van der Waals surface area contributed by atoms with Crippen molar-refractivity contribution in [2.45, 2.75) is 12.5 Å². The summed E-state index contributed by atoms with van der Waals surface area (Å²) in [6.07, 6.45) is 5.68. The molecule has 0 saturated carbocycles. The van der Waals surface area contributed by atoms with Crippen LogP contribution in [0.5, 0.6) is 0 Å². The van der Waals surface area contributed by atoms with Gasteiger partial charge in [-0.3, -0.25) is 15.1 Å². The lowest BCUT2D eigenvalue weighted by Gasteiger charge is -2.35. The van der Waals surface area contributed by atoms with E-state index in [1.807, 2.05) is 18.3 Å². The van der Waals surface area contributed by atoms with Crippen molar-refractivity contribution in [1.29, 1.82) is 0 Å². The molecule has 0 aliphatic carbocycles. The topological polar surface area (TPSA) is 59.3 Å². The van der Waals surface area contributed by atoms with E-state index in [2.05, 4.69) is 25.8 Å². The summed E-state index contributed by atoms with van der Waals surface area (Å²) < 4.78 is 0. The van der Waals surface area contributed by atoms with E-state index >= 15 is 0 Å². The Morgan fingerprint density at radius 1 is 1.68 bits per heavy atom. The Bertz CT molecular complexity index is 469. The van der Waals surface area contributed by atoms with Crippen molar-refractivity contribution in [2.24, 2.45) is 0 Å². The van der Waals surface area contributed by atoms with Crippen molar-refractivity contribution in [2.75, 3.05) is 17.6 Å². The second kappa shape index (κ2) is 6.91. The highest BCUT2D eigenvalue weighted by molar-refractivity contribution is 9.09. The first-order chi connectivity index (χ1) is 9.22. The molecule has 1 aromatic heterocycles. The molecule has 1 saturated heterocycles. The van der Waals surface area contributed by atoms with Crippen molar-refractivity contribution in [3.8, 4) is 0 Å². The van der Waals surface area contributed by atoms with E-state index in [1.165, 1.54) is 0 Å². The van der Waals surface area contributed by atoms with Crippen LogP contribution in [-0.2, 0) is 0 Å². The Hall–Kier alpha value is -1.08. The minimum atomic E-state index is -0.380. The van der Waals surface area contributed by atoms with Crippen LogP contribution >= 0.6 is 27.7 Å². The zero-order chi connectivity index (χ0) is 13.7. The van der Waals surface area contributed by atoms with Gasteiger partial charge in [0.05, 0.1) is 11.0 Å². The van der Waals surface area contributed by atoms with E-state index in [-0.39, 0.29) is 11.0 Å². The number of aromatic nitrogens is 1. The quantitative estimate of drug-likeness (QED) is 0.477. The summed E-state index contributed by atoms with van der Waals surface area (Å²) in [5.74, 6) is 0.929. The fraction of sp³-hybridized carbons (Fsp3) is 0.417. The van der Waals surface area contributed by atoms with E-state index in [4.69, 9.17) is 0 Å². The van der Waals surface area contributed by atoms with Crippen LogP contribution in [0, 0.1) is 10.1 Å². The third kappa shape index (κ3) is 3.70. The molecule has 1 aromatic rings. The number of pyridine rings is 1. The van der Waals surface area contributed by atoms with Crippen molar-refractivity contribution in [3.05, 3.63) is 51.4 Å². The predicted octanol–water partition coefficient (Wildman–Crippen LogP) is 3.03. The summed E-state index contributed by atoms with van der Waals surface area (Å²) in [7, 11) is 0. The summed E-state index contributed by atoms with van der Waals surface area (Å²) >= 11 is 5.05. The summed E-state index contributed by atoms with van der Waals surface area (Å²) in [5.41, 5.74) is 1.07. The van der Waals surface area contributed by atoms with E-state index in [0.29, 0.717) is 5.33 Å². The molecule has 0 amide bonds. The molecule has 0 spiro atoms. The zero-order valence-corrected chi connectivity index (χ0v) is 12.6. The lowest BCUT2D eigenvalue weighted by atomic mass is 10.1. The lowest BCUT2D eigenvalue weighted by Crippen LogP contribution is -2.32. The molecule has 1 aliphatic heterocycles. The lowest BCUT2D eigenvalue weighted by molar-refractivity contribution is -0.403. The van der Waals surface area contributed by atoms with Gasteiger partial charge in [-0.1, -0.05) is 22.0 Å². The van der Waals surface area contributed by atoms with Crippen LogP contribution in [0.15, 0.2) is 35.8 Å². The second-order valence-corrected chi connectivity index (χ2v) is 5.87. The highest BCUT2D eigenvalue weighted by Crippen LogP contribution is 2.35. The van der Waals surface area contributed by atoms with Gasteiger partial charge in [0.15, 0.2) is 0 Å². The van der Waals surface area contributed by atoms with Crippen LogP contribution in [0.1, 0.15) is 18.0 Å². The minimum absolute atomic E-state index is 0.0766. The normalized spacial score (nSPS) is 19.4. The Labute approximate surface area is 124 Å². The first-order valence-corrected chi connectivity index (χ1v) is 8.03. The monoisotopic (exact) mass is 343 g/mol. The molecule has 1 unspecified atom stereocenters. The number of halogens is 1. The molecule has 0 bridgehead atoms. The number of nitro groups is 1. The number of rotatable bonds is 4. The fourth-order valence-corrected chi connectivity index (χ4v) is 3.79. The molecule has 1 atom stereocenters. The van der Waals surface area contributed by atoms with Gasteiger partial charge in [0.1, 0.15) is 5.03 Å². The molecule has 0 radical (unpaired) electrons. The summed E-state index contributed by atoms with van der Waals surface area (Å²) in [6, 6.07) is 3.97. The molecule has 2 rings (SSSR count). The molecule has 7 heteroatoms. The number of hydrogen-bond donors (Lipinski definition) is 0. The van der Waals surface area contributed by atoms with E-state index < -0.39 is 0 Å². The van der Waals surface area contributed by atoms with Crippen LogP contribution in [0.4, 0.5) is 0 Å². The SMILES string of the molecule is O=[N+]([O-])C=C1SCCCN1C(CBr)c1cccnc1. The van der Waals surface area contributed by atoms with Gasteiger partial charge in [0.25, 0.3) is 6.20 Å². The maximum absolute atomic E-state index is 10.7. The van der Waals surface area contributed by atoms with Crippen molar-refractivity contribution >= 4 is 27.7 Å². The van der Waals surface area contributed by atoms with Crippen LogP contribution in [0.3, 0.4) is 0 Å². The molecule has 102 valence electrons. The first kappa shape index (κ1) is 14.3. The van der Waals surface area contributed by atoms with Gasteiger partial charge < -0.3 is 4.90 Å². The maximum Gasteiger partial charge on any atom is 0.264 e.